The molecule has 3 aromatic rings. The van der Waals surface area contributed by atoms with Crippen molar-refractivity contribution in [3.05, 3.63) is 46.7 Å². The van der Waals surface area contributed by atoms with Crippen molar-refractivity contribution in [3.63, 3.8) is 0 Å². The smallest absolute Gasteiger partial charge is 0.173 e. The van der Waals surface area contributed by atoms with Crippen LogP contribution in [-0.4, -0.2) is 22.0 Å². The molecule has 1 aromatic carbocycles. The number of hydrogen-bond acceptors (Lipinski definition) is 5. The molecule has 2 aromatic heterocycles. The maximum atomic E-state index is 5.76. The van der Waals surface area contributed by atoms with Crippen molar-refractivity contribution in [2.24, 2.45) is 0 Å². The van der Waals surface area contributed by atoms with E-state index in [-0.39, 0.29) is 0 Å². The number of nitrogen functional groups attached to an aromatic ring is 1. The van der Waals surface area contributed by atoms with E-state index >= 15 is 0 Å². The predicted octanol–water partition coefficient (Wildman–Crippen LogP) is 2.74. The van der Waals surface area contributed by atoms with Gasteiger partial charge in [-0.2, -0.15) is 21.6 Å². The van der Waals surface area contributed by atoms with Gasteiger partial charge in [0, 0.05) is 12.0 Å². The topological polar surface area (TPSA) is 76.8 Å². The van der Waals surface area contributed by atoms with Gasteiger partial charge in [0.25, 0.3) is 0 Å². The highest BCUT2D eigenvalue weighted by Gasteiger charge is 2.07. The van der Waals surface area contributed by atoms with E-state index in [0.717, 1.165) is 17.7 Å². The van der Waals surface area contributed by atoms with Crippen LogP contribution in [0.4, 0.5) is 5.82 Å². The van der Waals surface area contributed by atoms with Gasteiger partial charge in [-0.05, 0) is 34.5 Å². The molecule has 0 bridgehead atoms. The van der Waals surface area contributed by atoms with E-state index in [0.29, 0.717) is 18.1 Å². The molecule has 0 atom stereocenters. The average molecular weight is 286 g/mol. The Morgan fingerprint density at radius 1 is 1.25 bits per heavy atom. The number of thiophene rings is 1. The highest BCUT2D eigenvalue weighted by molar-refractivity contribution is 7.07. The Bertz CT molecular complexity index is 678. The van der Waals surface area contributed by atoms with Crippen LogP contribution in [0, 0.1) is 0 Å². The van der Waals surface area contributed by atoms with Gasteiger partial charge in [0.05, 0.1) is 6.61 Å². The van der Waals surface area contributed by atoms with Gasteiger partial charge in [-0.1, -0.05) is 12.1 Å². The highest BCUT2D eigenvalue weighted by Crippen LogP contribution is 2.25. The van der Waals surface area contributed by atoms with Gasteiger partial charge in [-0.15, -0.1) is 5.10 Å². The zero-order valence-corrected chi connectivity index (χ0v) is 11.6. The second kappa shape index (κ2) is 5.75. The second-order valence-electron chi connectivity index (χ2n) is 4.32. The molecule has 0 saturated carbocycles. The summed E-state index contributed by atoms with van der Waals surface area (Å²) < 4.78 is 5.76. The molecule has 6 heteroatoms. The SMILES string of the molecule is Nc1n[nH]nc1-c1cccc(OCCc2ccsc2)c1. The summed E-state index contributed by atoms with van der Waals surface area (Å²) in [6.45, 7) is 0.647. The largest absolute Gasteiger partial charge is 0.493 e. The van der Waals surface area contributed by atoms with Crippen LogP contribution in [0.1, 0.15) is 5.56 Å². The summed E-state index contributed by atoms with van der Waals surface area (Å²) in [5.74, 6) is 1.19. The number of aromatic nitrogens is 3. The highest BCUT2D eigenvalue weighted by atomic mass is 32.1. The number of benzene rings is 1. The van der Waals surface area contributed by atoms with Gasteiger partial charge < -0.3 is 10.5 Å². The fourth-order valence-corrected chi connectivity index (χ4v) is 2.61. The van der Waals surface area contributed by atoms with E-state index in [1.807, 2.05) is 24.3 Å². The Balaban J connectivity index is 1.67. The molecule has 102 valence electrons. The second-order valence-corrected chi connectivity index (χ2v) is 5.10. The molecule has 0 amide bonds. The molecule has 0 aliphatic heterocycles. The lowest BCUT2D eigenvalue weighted by Crippen LogP contribution is -2.00. The lowest BCUT2D eigenvalue weighted by Gasteiger charge is -2.06. The van der Waals surface area contributed by atoms with Crippen LogP contribution < -0.4 is 10.5 Å². The summed E-state index contributed by atoms with van der Waals surface area (Å²) in [4.78, 5) is 0. The third-order valence-electron chi connectivity index (χ3n) is 2.92. The van der Waals surface area contributed by atoms with Crippen LogP contribution in [-0.2, 0) is 6.42 Å². The fraction of sp³-hybridized carbons (Fsp3) is 0.143. The van der Waals surface area contributed by atoms with E-state index in [1.165, 1.54) is 5.56 Å². The number of nitrogens with zero attached hydrogens (tertiary/aromatic N) is 2. The zero-order chi connectivity index (χ0) is 13.8. The summed E-state index contributed by atoms with van der Waals surface area (Å²) in [6.07, 6.45) is 0.903. The normalized spacial score (nSPS) is 10.6. The molecular weight excluding hydrogens is 272 g/mol. The Morgan fingerprint density at radius 2 is 2.20 bits per heavy atom. The predicted molar refractivity (Wildman–Crippen MR) is 79.7 cm³/mol. The summed E-state index contributed by atoms with van der Waals surface area (Å²) in [5.41, 5.74) is 8.58. The van der Waals surface area contributed by atoms with Crippen LogP contribution in [0.3, 0.4) is 0 Å². The van der Waals surface area contributed by atoms with Gasteiger partial charge in [-0.3, -0.25) is 0 Å². The van der Waals surface area contributed by atoms with Crippen LogP contribution in [0.5, 0.6) is 5.75 Å². The number of anilines is 1. The van der Waals surface area contributed by atoms with Gasteiger partial charge in [0.2, 0.25) is 0 Å². The van der Waals surface area contributed by atoms with Crippen molar-refractivity contribution in [3.8, 4) is 17.0 Å². The Kier molecular flexibility index (Phi) is 3.64. The Labute approximate surface area is 120 Å². The van der Waals surface area contributed by atoms with Gasteiger partial charge in [0.1, 0.15) is 11.4 Å². The van der Waals surface area contributed by atoms with E-state index < -0.39 is 0 Å². The van der Waals surface area contributed by atoms with Crippen LogP contribution in [0.25, 0.3) is 11.3 Å². The minimum atomic E-state index is 0.389. The molecule has 0 fully saturated rings. The zero-order valence-electron chi connectivity index (χ0n) is 10.7. The van der Waals surface area contributed by atoms with E-state index in [4.69, 9.17) is 10.5 Å². The van der Waals surface area contributed by atoms with Crippen molar-refractivity contribution < 1.29 is 4.74 Å². The molecule has 0 spiro atoms. The first-order valence-electron chi connectivity index (χ1n) is 6.23. The van der Waals surface area contributed by atoms with Gasteiger partial charge in [0.15, 0.2) is 5.82 Å². The number of rotatable bonds is 5. The van der Waals surface area contributed by atoms with Crippen molar-refractivity contribution in [1.29, 1.82) is 0 Å². The van der Waals surface area contributed by atoms with Crippen LogP contribution >= 0.6 is 11.3 Å². The lowest BCUT2D eigenvalue weighted by molar-refractivity contribution is 0.322. The number of nitrogens with two attached hydrogens (primary N) is 1. The van der Waals surface area contributed by atoms with Gasteiger partial charge >= 0.3 is 0 Å². The van der Waals surface area contributed by atoms with E-state index in [1.54, 1.807) is 11.3 Å². The minimum Gasteiger partial charge on any atom is -0.493 e. The maximum Gasteiger partial charge on any atom is 0.173 e. The van der Waals surface area contributed by atoms with Crippen molar-refractivity contribution in [1.82, 2.24) is 15.4 Å². The standard InChI is InChI=1S/C14H14N4OS/c15-14-13(16-18-17-14)11-2-1-3-12(8-11)19-6-4-10-5-7-20-9-10/h1-3,5,7-9H,4,6H2,(H3,15,16,17,18). The summed E-state index contributed by atoms with van der Waals surface area (Å²) >= 11 is 1.70. The molecule has 0 unspecified atom stereocenters. The van der Waals surface area contributed by atoms with Gasteiger partial charge in [-0.25, -0.2) is 0 Å². The molecule has 0 aliphatic carbocycles. The monoisotopic (exact) mass is 286 g/mol. The van der Waals surface area contributed by atoms with Crippen molar-refractivity contribution >= 4 is 17.2 Å². The molecule has 2 heterocycles. The third-order valence-corrected chi connectivity index (χ3v) is 3.65. The lowest BCUT2D eigenvalue weighted by atomic mass is 10.1. The summed E-state index contributed by atoms with van der Waals surface area (Å²) in [5, 5.41) is 14.6. The first-order valence-corrected chi connectivity index (χ1v) is 7.18. The molecular formula is C14H14N4OS. The molecule has 0 radical (unpaired) electrons. The number of ether oxygens (including phenoxy) is 1. The number of aromatic amines is 1. The third kappa shape index (κ3) is 2.80. The fourth-order valence-electron chi connectivity index (χ4n) is 1.91. The molecule has 0 saturated heterocycles. The van der Waals surface area contributed by atoms with Crippen molar-refractivity contribution in [2.75, 3.05) is 12.3 Å². The molecule has 3 rings (SSSR count). The van der Waals surface area contributed by atoms with Crippen molar-refractivity contribution in [2.45, 2.75) is 6.42 Å². The number of nitrogens with one attached hydrogen (secondary N) is 1. The first-order chi connectivity index (χ1) is 9.83. The first kappa shape index (κ1) is 12.7. The van der Waals surface area contributed by atoms with Crippen LogP contribution in [0.15, 0.2) is 41.1 Å². The quantitative estimate of drug-likeness (QED) is 0.756. The average Bonchev–Trinajstić information content (AvgIpc) is 3.11. The summed E-state index contributed by atoms with van der Waals surface area (Å²) in [7, 11) is 0. The molecule has 3 N–H and O–H groups in total. The van der Waals surface area contributed by atoms with E-state index in [9.17, 15) is 0 Å². The molecule has 0 aliphatic rings. The molecule has 5 nitrogen and oxygen atoms in total. The number of hydrogen-bond donors (Lipinski definition) is 2. The summed E-state index contributed by atoms with van der Waals surface area (Å²) in [6, 6.07) is 9.80. The Morgan fingerprint density at radius 3 is 2.95 bits per heavy atom. The van der Waals surface area contributed by atoms with Crippen LogP contribution in [0.2, 0.25) is 0 Å². The minimum absolute atomic E-state index is 0.389. The molecule has 20 heavy (non-hydrogen) atoms. The number of H-pyrrole nitrogens is 1. The Hall–Kier alpha value is -2.34. The van der Waals surface area contributed by atoms with E-state index in [2.05, 4.69) is 32.2 Å². The maximum absolute atomic E-state index is 5.76.